The van der Waals surface area contributed by atoms with Gasteiger partial charge in [0.1, 0.15) is 5.01 Å². The van der Waals surface area contributed by atoms with Crippen LogP contribution >= 0.6 is 11.3 Å². The van der Waals surface area contributed by atoms with E-state index >= 15 is 0 Å². The summed E-state index contributed by atoms with van der Waals surface area (Å²) < 4.78 is 0. The smallest absolute Gasteiger partial charge is 0.205 e. The molecular formula is C11H20N4S. The van der Waals surface area contributed by atoms with Crippen LogP contribution in [0.1, 0.15) is 25.3 Å². The van der Waals surface area contributed by atoms with Crippen molar-refractivity contribution in [3.8, 4) is 0 Å². The van der Waals surface area contributed by atoms with Crippen molar-refractivity contribution in [3.63, 3.8) is 0 Å². The van der Waals surface area contributed by atoms with Crippen molar-refractivity contribution in [1.82, 2.24) is 15.1 Å². The Bertz CT molecular complexity index is 336. The second-order valence-electron chi connectivity index (χ2n) is 4.75. The van der Waals surface area contributed by atoms with Gasteiger partial charge in [0.2, 0.25) is 5.13 Å². The van der Waals surface area contributed by atoms with Crippen LogP contribution < -0.4 is 5.32 Å². The second-order valence-corrected chi connectivity index (χ2v) is 5.93. The summed E-state index contributed by atoms with van der Waals surface area (Å²) in [5.41, 5.74) is 0. The Morgan fingerprint density at radius 2 is 2.31 bits per heavy atom. The van der Waals surface area contributed by atoms with Crippen LogP contribution in [0.3, 0.4) is 0 Å². The zero-order valence-electron chi connectivity index (χ0n) is 10.2. The Morgan fingerprint density at radius 1 is 1.50 bits per heavy atom. The van der Waals surface area contributed by atoms with Crippen LogP contribution in [0.2, 0.25) is 0 Å². The first-order valence-electron chi connectivity index (χ1n) is 5.93. The summed E-state index contributed by atoms with van der Waals surface area (Å²) >= 11 is 1.63. The Balaban J connectivity index is 1.75. The molecule has 0 bridgehead atoms. The van der Waals surface area contributed by atoms with Gasteiger partial charge in [-0.25, -0.2) is 0 Å². The van der Waals surface area contributed by atoms with Crippen molar-refractivity contribution >= 4 is 16.5 Å². The lowest BCUT2D eigenvalue weighted by atomic mass is 10.1. The number of hydrogen-bond donors (Lipinski definition) is 1. The molecule has 5 heteroatoms. The van der Waals surface area contributed by atoms with E-state index in [4.69, 9.17) is 0 Å². The molecule has 0 spiro atoms. The highest BCUT2D eigenvalue weighted by Gasteiger charge is 2.23. The van der Waals surface area contributed by atoms with Gasteiger partial charge in [0.05, 0.1) is 0 Å². The minimum atomic E-state index is 0.675. The summed E-state index contributed by atoms with van der Waals surface area (Å²) in [5.74, 6) is 0.756. The number of anilines is 1. The van der Waals surface area contributed by atoms with Crippen LogP contribution in [0.15, 0.2) is 0 Å². The lowest BCUT2D eigenvalue weighted by molar-refractivity contribution is 0.266. The molecule has 1 saturated heterocycles. The molecule has 1 atom stereocenters. The molecule has 1 fully saturated rings. The molecule has 4 nitrogen and oxygen atoms in total. The van der Waals surface area contributed by atoms with E-state index in [9.17, 15) is 0 Å². The maximum atomic E-state index is 4.07. The molecule has 1 aromatic heterocycles. The number of rotatable bonds is 4. The van der Waals surface area contributed by atoms with E-state index in [0.29, 0.717) is 6.04 Å². The maximum absolute atomic E-state index is 4.07. The quantitative estimate of drug-likeness (QED) is 0.874. The monoisotopic (exact) mass is 240 g/mol. The van der Waals surface area contributed by atoms with Gasteiger partial charge in [0, 0.05) is 19.1 Å². The van der Waals surface area contributed by atoms with Crippen molar-refractivity contribution in [2.24, 2.45) is 5.92 Å². The summed E-state index contributed by atoms with van der Waals surface area (Å²) in [6, 6.07) is 0.675. The molecule has 1 aromatic rings. The van der Waals surface area contributed by atoms with E-state index in [1.54, 1.807) is 11.3 Å². The highest BCUT2D eigenvalue weighted by molar-refractivity contribution is 7.15. The highest BCUT2D eigenvalue weighted by Crippen LogP contribution is 2.20. The predicted octanol–water partition coefficient (Wildman–Crippen LogP) is 1.99. The number of nitrogens with one attached hydrogen (secondary N) is 1. The van der Waals surface area contributed by atoms with Crippen molar-refractivity contribution in [1.29, 1.82) is 0 Å². The number of aryl methyl sites for hydroxylation is 1. The van der Waals surface area contributed by atoms with E-state index in [1.807, 2.05) is 6.92 Å². The van der Waals surface area contributed by atoms with E-state index < -0.39 is 0 Å². The molecule has 2 rings (SSSR count). The average molecular weight is 240 g/mol. The maximum Gasteiger partial charge on any atom is 0.205 e. The fourth-order valence-electron chi connectivity index (χ4n) is 2.10. The number of likely N-dealkylation sites (tertiary alicyclic amines) is 1. The third-order valence-electron chi connectivity index (χ3n) is 3.12. The Hall–Kier alpha value is -0.680. The van der Waals surface area contributed by atoms with Crippen LogP contribution in [0.25, 0.3) is 0 Å². The summed E-state index contributed by atoms with van der Waals surface area (Å²) in [7, 11) is 0. The second kappa shape index (κ2) is 5.10. The molecular weight excluding hydrogens is 220 g/mol. The molecule has 0 radical (unpaired) electrons. The first-order chi connectivity index (χ1) is 7.65. The van der Waals surface area contributed by atoms with Gasteiger partial charge in [-0.3, -0.25) is 0 Å². The average Bonchev–Trinajstić information content (AvgIpc) is 2.83. The van der Waals surface area contributed by atoms with Gasteiger partial charge in [-0.1, -0.05) is 11.3 Å². The summed E-state index contributed by atoms with van der Waals surface area (Å²) in [6.07, 6.45) is 1.29. The highest BCUT2D eigenvalue weighted by atomic mass is 32.1. The topological polar surface area (TPSA) is 41.1 Å². The molecule has 2 heterocycles. The van der Waals surface area contributed by atoms with Gasteiger partial charge in [-0.2, -0.15) is 0 Å². The molecule has 0 aromatic carbocycles. The molecule has 1 unspecified atom stereocenters. The lowest BCUT2D eigenvalue weighted by Crippen LogP contribution is -2.29. The molecule has 0 amide bonds. The van der Waals surface area contributed by atoms with E-state index in [0.717, 1.165) is 22.6 Å². The fraction of sp³-hybridized carbons (Fsp3) is 0.818. The normalized spacial score (nSPS) is 21.9. The van der Waals surface area contributed by atoms with E-state index in [-0.39, 0.29) is 0 Å². The predicted molar refractivity (Wildman–Crippen MR) is 68.0 cm³/mol. The zero-order chi connectivity index (χ0) is 11.5. The van der Waals surface area contributed by atoms with Crippen molar-refractivity contribution in [2.75, 3.05) is 25.0 Å². The Labute approximate surface area is 101 Å². The number of aromatic nitrogens is 2. The van der Waals surface area contributed by atoms with Crippen LogP contribution in [0, 0.1) is 12.8 Å². The zero-order valence-corrected chi connectivity index (χ0v) is 11.0. The Kier molecular flexibility index (Phi) is 3.76. The molecule has 1 N–H and O–H groups in total. The number of hydrogen-bond acceptors (Lipinski definition) is 5. The van der Waals surface area contributed by atoms with Gasteiger partial charge in [-0.15, -0.1) is 10.2 Å². The molecule has 1 aliphatic heterocycles. The van der Waals surface area contributed by atoms with Crippen LogP contribution in [-0.4, -0.2) is 40.8 Å². The molecule has 16 heavy (non-hydrogen) atoms. The fourth-order valence-corrected chi connectivity index (χ4v) is 2.70. The number of nitrogens with zero attached hydrogens (tertiary/aromatic N) is 3. The van der Waals surface area contributed by atoms with Gasteiger partial charge in [0.15, 0.2) is 0 Å². The largest absolute Gasteiger partial charge is 0.360 e. The van der Waals surface area contributed by atoms with Gasteiger partial charge in [-0.05, 0) is 39.7 Å². The van der Waals surface area contributed by atoms with Crippen molar-refractivity contribution in [2.45, 2.75) is 33.2 Å². The van der Waals surface area contributed by atoms with Gasteiger partial charge >= 0.3 is 0 Å². The molecule has 90 valence electrons. The van der Waals surface area contributed by atoms with Crippen LogP contribution in [-0.2, 0) is 0 Å². The minimum absolute atomic E-state index is 0.675. The van der Waals surface area contributed by atoms with Crippen LogP contribution in [0.4, 0.5) is 5.13 Å². The molecule has 1 aliphatic rings. The lowest BCUT2D eigenvalue weighted by Gasteiger charge is -2.20. The Morgan fingerprint density at radius 3 is 2.88 bits per heavy atom. The van der Waals surface area contributed by atoms with Crippen molar-refractivity contribution in [3.05, 3.63) is 5.01 Å². The summed E-state index contributed by atoms with van der Waals surface area (Å²) in [6.45, 7) is 9.99. The van der Waals surface area contributed by atoms with Crippen LogP contribution in [0.5, 0.6) is 0 Å². The van der Waals surface area contributed by atoms with Gasteiger partial charge < -0.3 is 10.2 Å². The SMILES string of the molecule is Cc1nnc(NCC2CCN(C(C)C)C2)s1. The molecule has 0 saturated carbocycles. The third kappa shape index (κ3) is 2.92. The summed E-state index contributed by atoms with van der Waals surface area (Å²) in [5, 5.41) is 13.4. The van der Waals surface area contributed by atoms with E-state index in [1.165, 1.54) is 19.5 Å². The standard InChI is InChI=1S/C11H20N4S/c1-8(2)15-5-4-10(7-15)6-12-11-14-13-9(3)16-11/h8,10H,4-7H2,1-3H3,(H,12,14). The van der Waals surface area contributed by atoms with Gasteiger partial charge in [0.25, 0.3) is 0 Å². The van der Waals surface area contributed by atoms with Crippen molar-refractivity contribution < 1.29 is 0 Å². The third-order valence-corrected chi connectivity index (χ3v) is 3.91. The first-order valence-corrected chi connectivity index (χ1v) is 6.75. The first kappa shape index (κ1) is 11.8. The van der Waals surface area contributed by atoms with E-state index in [2.05, 4.69) is 34.3 Å². The summed E-state index contributed by atoms with van der Waals surface area (Å²) in [4.78, 5) is 2.54. The minimum Gasteiger partial charge on any atom is -0.360 e. The molecule has 0 aliphatic carbocycles.